The van der Waals surface area contributed by atoms with Crippen LogP contribution in [0.15, 0.2) is 42.7 Å². The highest BCUT2D eigenvalue weighted by atomic mass is 15.3. The van der Waals surface area contributed by atoms with Gasteiger partial charge in [0.2, 0.25) is 0 Å². The van der Waals surface area contributed by atoms with Crippen LogP contribution in [-0.4, -0.2) is 16.3 Å². The molecule has 0 aliphatic carbocycles. The highest BCUT2D eigenvalue weighted by Gasteiger charge is 2.10. The number of benzene rings is 1. The second-order valence-electron chi connectivity index (χ2n) is 4.25. The Hall–Kier alpha value is -1.61. The van der Waals surface area contributed by atoms with E-state index in [1.165, 1.54) is 11.1 Å². The topological polar surface area (TPSA) is 29.9 Å². The molecule has 1 heterocycles. The van der Waals surface area contributed by atoms with E-state index in [4.69, 9.17) is 0 Å². The average molecular weight is 229 g/mol. The van der Waals surface area contributed by atoms with E-state index in [0.29, 0.717) is 6.04 Å². The molecule has 2 rings (SSSR count). The maximum atomic E-state index is 4.26. The zero-order valence-corrected chi connectivity index (χ0v) is 10.4. The quantitative estimate of drug-likeness (QED) is 0.854. The lowest BCUT2D eigenvalue weighted by atomic mass is 10.0. The lowest BCUT2D eigenvalue weighted by Gasteiger charge is -2.18. The molecule has 1 atom stereocenters. The van der Waals surface area contributed by atoms with Gasteiger partial charge < -0.3 is 5.32 Å². The Morgan fingerprint density at radius 2 is 2.24 bits per heavy atom. The van der Waals surface area contributed by atoms with E-state index in [-0.39, 0.29) is 0 Å². The Morgan fingerprint density at radius 1 is 1.35 bits per heavy atom. The molecule has 0 aliphatic heterocycles. The minimum absolute atomic E-state index is 0.319. The lowest BCUT2D eigenvalue weighted by molar-refractivity contribution is 0.448. The van der Waals surface area contributed by atoms with Crippen molar-refractivity contribution in [2.24, 2.45) is 0 Å². The Labute approximate surface area is 102 Å². The van der Waals surface area contributed by atoms with Gasteiger partial charge in [-0.1, -0.05) is 36.8 Å². The van der Waals surface area contributed by atoms with Gasteiger partial charge in [-0.3, -0.25) is 4.68 Å². The summed E-state index contributed by atoms with van der Waals surface area (Å²) in [5.74, 6) is 0. The van der Waals surface area contributed by atoms with Crippen molar-refractivity contribution >= 4 is 0 Å². The fourth-order valence-electron chi connectivity index (χ4n) is 2.02. The van der Waals surface area contributed by atoms with Crippen molar-refractivity contribution in [3.63, 3.8) is 0 Å². The zero-order chi connectivity index (χ0) is 12.1. The van der Waals surface area contributed by atoms with Crippen LogP contribution in [0.5, 0.6) is 0 Å². The zero-order valence-electron chi connectivity index (χ0n) is 10.4. The third kappa shape index (κ3) is 3.17. The van der Waals surface area contributed by atoms with Crippen molar-refractivity contribution in [3.8, 4) is 0 Å². The van der Waals surface area contributed by atoms with Gasteiger partial charge in [0, 0.05) is 12.4 Å². The number of likely N-dealkylation sites (N-methyl/N-ethyl adjacent to an activating group) is 1. The molecule has 2 aromatic rings. The molecule has 3 nitrogen and oxygen atoms in total. The summed E-state index contributed by atoms with van der Waals surface area (Å²) in [7, 11) is 0. The molecule has 0 saturated heterocycles. The summed E-state index contributed by atoms with van der Waals surface area (Å²) in [6, 6.07) is 10.9. The number of hydrogen-bond acceptors (Lipinski definition) is 2. The van der Waals surface area contributed by atoms with Crippen molar-refractivity contribution < 1.29 is 0 Å². The van der Waals surface area contributed by atoms with E-state index in [0.717, 1.165) is 13.1 Å². The van der Waals surface area contributed by atoms with E-state index < -0.39 is 0 Å². The van der Waals surface area contributed by atoms with E-state index >= 15 is 0 Å². The van der Waals surface area contributed by atoms with Crippen LogP contribution in [0.1, 0.15) is 24.1 Å². The third-order valence-corrected chi connectivity index (χ3v) is 2.82. The predicted octanol–water partition coefficient (Wildman–Crippen LogP) is 2.54. The lowest BCUT2D eigenvalue weighted by Crippen LogP contribution is -2.25. The Morgan fingerprint density at radius 3 is 2.88 bits per heavy atom. The van der Waals surface area contributed by atoms with E-state index in [2.05, 4.69) is 48.5 Å². The van der Waals surface area contributed by atoms with E-state index in [9.17, 15) is 0 Å². The number of aromatic nitrogens is 2. The number of hydrogen-bond donors (Lipinski definition) is 1. The minimum atomic E-state index is 0.319. The normalized spacial score (nSPS) is 12.6. The number of rotatable bonds is 5. The molecule has 0 fully saturated rings. The smallest absolute Gasteiger partial charge is 0.0604 e. The van der Waals surface area contributed by atoms with Gasteiger partial charge in [-0.25, -0.2) is 0 Å². The Balaban J connectivity index is 2.16. The van der Waals surface area contributed by atoms with Crippen LogP contribution < -0.4 is 5.32 Å². The number of nitrogens with zero attached hydrogens (tertiary/aromatic N) is 2. The van der Waals surface area contributed by atoms with Crippen LogP contribution in [0.4, 0.5) is 0 Å². The van der Waals surface area contributed by atoms with Crippen molar-refractivity contribution in [2.75, 3.05) is 6.54 Å². The second-order valence-corrected chi connectivity index (χ2v) is 4.25. The highest BCUT2D eigenvalue weighted by Crippen LogP contribution is 2.16. The first-order chi connectivity index (χ1) is 8.29. The summed E-state index contributed by atoms with van der Waals surface area (Å²) in [6.07, 6.45) is 3.82. The summed E-state index contributed by atoms with van der Waals surface area (Å²) < 4.78 is 1.97. The van der Waals surface area contributed by atoms with Gasteiger partial charge in [-0.15, -0.1) is 0 Å². The molecule has 0 saturated carbocycles. The summed E-state index contributed by atoms with van der Waals surface area (Å²) in [5, 5.41) is 7.77. The minimum Gasteiger partial charge on any atom is -0.309 e. The summed E-state index contributed by atoms with van der Waals surface area (Å²) in [4.78, 5) is 0. The first kappa shape index (κ1) is 11.9. The molecule has 90 valence electrons. The van der Waals surface area contributed by atoms with Gasteiger partial charge in [0.25, 0.3) is 0 Å². The van der Waals surface area contributed by atoms with Gasteiger partial charge in [-0.2, -0.15) is 5.10 Å². The molecule has 1 aromatic carbocycles. The second kappa shape index (κ2) is 5.64. The SMILES string of the molecule is CCNC(Cn1cccn1)c1cccc(C)c1. The fourth-order valence-corrected chi connectivity index (χ4v) is 2.02. The molecule has 1 unspecified atom stereocenters. The van der Waals surface area contributed by atoms with Crippen LogP contribution in [-0.2, 0) is 6.54 Å². The fraction of sp³-hybridized carbons (Fsp3) is 0.357. The maximum Gasteiger partial charge on any atom is 0.0604 e. The van der Waals surface area contributed by atoms with Gasteiger partial charge in [-0.05, 0) is 25.1 Å². The van der Waals surface area contributed by atoms with Crippen LogP contribution in [0.2, 0.25) is 0 Å². The first-order valence-corrected chi connectivity index (χ1v) is 6.07. The predicted molar refractivity (Wildman–Crippen MR) is 69.8 cm³/mol. The molecule has 0 aliphatic rings. The monoisotopic (exact) mass is 229 g/mol. The molecule has 3 heteroatoms. The van der Waals surface area contributed by atoms with Crippen LogP contribution in [0, 0.1) is 6.92 Å². The number of nitrogens with one attached hydrogen (secondary N) is 1. The van der Waals surface area contributed by atoms with Gasteiger partial charge in [0.05, 0.1) is 12.6 Å². The first-order valence-electron chi connectivity index (χ1n) is 6.07. The van der Waals surface area contributed by atoms with Crippen LogP contribution in [0.3, 0.4) is 0 Å². The Bertz CT molecular complexity index is 448. The van der Waals surface area contributed by atoms with Gasteiger partial charge >= 0.3 is 0 Å². The standard InChI is InChI=1S/C14H19N3/c1-3-15-14(11-17-9-5-8-16-17)13-7-4-6-12(2)10-13/h4-10,14-15H,3,11H2,1-2H3. The molecule has 0 spiro atoms. The summed E-state index contributed by atoms with van der Waals surface area (Å²) >= 11 is 0. The van der Waals surface area contributed by atoms with Crippen molar-refractivity contribution in [2.45, 2.75) is 26.4 Å². The van der Waals surface area contributed by atoms with Crippen molar-refractivity contribution in [1.82, 2.24) is 15.1 Å². The molecular formula is C14H19N3. The molecular weight excluding hydrogens is 210 g/mol. The van der Waals surface area contributed by atoms with Crippen molar-refractivity contribution in [1.29, 1.82) is 0 Å². The maximum absolute atomic E-state index is 4.26. The summed E-state index contributed by atoms with van der Waals surface area (Å²) in [6.45, 7) is 6.08. The Kier molecular flexibility index (Phi) is 3.94. The molecule has 1 aromatic heterocycles. The molecule has 1 N–H and O–H groups in total. The molecule has 0 amide bonds. The van der Waals surface area contributed by atoms with E-state index in [1.54, 1.807) is 0 Å². The van der Waals surface area contributed by atoms with Crippen LogP contribution >= 0.6 is 0 Å². The number of aryl methyl sites for hydroxylation is 1. The van der Waals surface area contributed by atoms with Crippen molar-refractivity contribution in [3.05, 3.63) is 53.9 Å². The van der Waals surface area contributed by atoms with Gasteiger partial charge in [0.15, 0.2) is 0 Å². The van der Waals surface area contributed by atoms with Gasteiger partial charge in [0.1, 0.15) is 0 Å². The van der Waals surface area contributed by atoms with Crippen LogP contribution in [0.25, 0.3) is 0 Å². The average Bonchev–Trinajstić information content (AvgIpc) is 2.81. The van der Waals surface area contributed by atoms with E-state index in [1.807, 2.05) is 23.1 Å². The molecule has 0 radical (unpaired) electrons. The largest absolute Gasteiger partial charge is 0.309 e. The summed E-state index contributed by atoms with van der Waals surface area (Å²) in [5.41, 5.74) is 2.62. The highest BCUT2D eigenvalue weighted by molar-refractivity contribution is 5.25. The molecule has 17 heavy (non-hydrogen) atoms. The third-order valence-electron chi connectivity index (χ3n) is 2.82. The molecule has 0 bridgehead atoms.